The lowest BCUT2D eigenvalue weighted by Crippen LogP contribution is -2.17. The monoisotopic (exact) mass is 308 g/mol. The highest BCUT2D eigenvalue weighted by atomic mass is 32.2. The maximum Gasteiger partial charge on any atom is 0.354 e. The van der Waals surface area contributed by atoms with Gasteiger partial charge in [-0.3, -0.25) is 0 Å². The van der Waals surface area contributed by atoms with Crippen LogP contribution in [0.3, 0.4) is 0 Å². The van der Waals surface area contributed by atoms with Crippen molar-refractivity contribution < 1.29 is 18.3 Å². The van der Waals surface area contributed by atoms with Crippen LogP contribution in [0.5, 0.6) is 0 Å². The van der Waals surface area contributed by atoms with Gasteiger partial charge in [-0.15, -0.1) is 0 Å². The molecule has 0 aliphatic rings. The number of para-hydroxylation sites is 1. The number of anilines is 1. The number of rotatable bonds is 6. The minimum Gasteiger partial charge on any atom is -0.477 e. The Kier molecular flexibility index (Phi) is 4.42. The van der Waals surface area contributed by atoms with Crippen LogP contribution in [0, 0.1) is 0 Å². The molecule has 0 unspecified atom stereocenters. The van der Waals surface area contributed by atoms with E-state index in [1.165, 1.54) is 6.07 Å². The number of carboxylic acids is 1. The van der Waals surface area contributed by atoms with Crippen LogP contribution in [0.15, 0.2) is 30.3 Å². The van der Waals surface area contributed by atoms with E-state index < -0.39 is 15.8 Å². The molecule has 2 rings (SSSR count). The second-order valence-corrected chi connectivity index (χ2v) is 7.01. The highest BCUT2D eigenvalue weighted by molar-refractivity contribution is 7.91. The van der Waals surface area contributed by atoms with Crippen molar-refractivity contribution in [2.75, 3.05) is 23.4 Å². The SMILES string of the molecule is CCS(=O)(=O)CCNc1cc(C(=O)O)nc2ccccc12. The number of sulfone groups is 1. The lowest BCUT2D eigenvalue weighted by Gasteiger charge is -2.10. The highest BCUT2D eigenvalue weighted by Gasteiger charge is 2.12. The van der Waals surface area contributed by atoms with Crippen molar-refractivity contribution in [1.82, 2.24) is 4.98 Å². The van der Waals surface area contributed by atoms with Crippen molar-refractivity contribution in [3.8, 4) is 0 Å². The third kappa shape index (κ3) is 3.69. The molecule has 2 N–H and O–H groups in total. The lowest BCUT2D eigenvalue weighted by atomic mass is 10.1. The van der Waals surface area contributed by atoms with Crippen LogP contribution < -0.4 is 5.32 Å². The Morgan fingerprint density at radius 3 is 2.71 bits per heavy atom. The molecule has 1 aromatic heterocycles. The zero-order valence-electron chi connectivity index (χ0n) is 11.5. The molecule has 0 saturated heterocycles. The first kappa shape index (κ1) is 15.2. The quantitative estimate of drug-likeness (QED) is 0.844. The molecule has 0 atom stereocenters. The average molecular weight is 308 g/mol. The maximum atomic E-state index is 11.5. The number of nitrogens with zero attached hydrogens (tertiary/aromatic N) is 1. The van der Waals surface area contributed by atoms with Gasteiger partial charge in [0.05, 0.1) is 11.3 Å². The number of carbonyl (C=O) groups is 1. The van der Waals surface area contributed by atoms with E-state index in [0.717, 1.165) is 5.39 Å². The van der Waals surface area contributed by atoms with E-state index >= 15 is 0 Å². The standard InChI is InChI=1S/C14H16N2O4S/c1-2-21(19,20)8-7-15-12-9-13(14(17)18)16-11-6-4-3-5-10(11)12/h3-6,9H,2,7-8H2,1H3,(H,15,16)(H,17,18). The molecule has 1 heterocycles. The van der Waals surface area contributed by atoms with Crippen molar-refractivity contribution in [1.29, 1.82) is 0 Å². The minimum absolute atomic E-state index is 0.00253. The number of nitrogens with one attached hydrogen (secondary N) is 1. The van der Waals surface area contributed by atoms with Gasteiger partial charge in [0.15, 0.2) is 15.5 Å². The number of aromatic nitrogens is 1. The average Bonchev–Trinajstić information content (AvgIpc) is 2.46. The van der Waals surface area contributed by atoms with Crippen LogP contribution in [0.1, 0.15) is 17.4 Å². The first-order chi connectivity index (χ1) is 9.93. The second kappa shape index (κ2) is 6.09. The summed E-state index contributed by atoms with van der Waals surface area (Å²) in [6, 6.07) is 8.54. The molecule has 0 fully saturated rings. The van der Waals surface area contributed by atoms with Gasteiger partial charge in [0.1, 0.15) is 0 Å². The Balaban J connectivity index is 2.31. The van der Waals surface area contributed by atoms with E-state index in [1.54, 1.807) is 19.1 Å². The fraction of sp³-hybridized carbons (Fsp3) is 0.286. The summed E-state index contributed by atoms with van der Waals surface area (Å²) >= 11 is 0. The van der Waals surface area contributed by atoms with Gasteiger partial charge in [0.25, 0.3) is 0 Å². The summed E-state index contributed by atoms with van der Waals surface area (Å²) in [5, 5.41) is 12.8. The lowest BCUT2D eigenvalue weighted by molar-refractivity contribution is 0.0691. The zero-order valence-corrected chi connectivity index (χ0v) is 12.4. The van der Waals surface area contributed by atoms with Crippen molar-refractivity contribution >= 4 is 32.4 Å². The molecule has 0 bridgehead atoms. The Morgan fingerprint density at radius 1 is 1.33 bits per heavy atom. The number of aromatic carboxylic acids is 1. The van der Waals surface area contributed by atoms with Gasteiger partial charge in [-0.05, 0) is 12.1 Å². The number of benzene rings is 1. The van der Waals surface area contributed by atoms with Crippen LogP contribution in [0.2, 0.25) is 0 Å². The summed E-state index contributed by atoms with van der Waals surface area (Å²) < 4.78 is 23.0. The van der Waals surface area contributed by atoms with E-state index in [1.807, 2.05) is 12.1 Å². The first-order valence-electron chi connectivity index (χ1n) is 6.50. The molecule has 0 amide bonds. The van der Waals surface area contributed by atoms with Crippen molar-refractivity contribution in [3.05, 3.63) is 36.0 Å². The smallest absolute Gasteiger partial charge is 0.354 e. The largest absolute Gasteiger partial charge is 0.477 e. The Hall–Kier alpha value is -2.15. The van der Waals surface area contributed by atoms with Gasteiger partial charge in [0.2, 0.25) is 0 Å². The second-order valence-electron chi connectivity index (χ2n) is 4.54. The van der Waals surface area contributed by atoms with Crippen LogP contribution >= 0.6 is 0 Å². The molecule has 21 heavy (non-hydrogen) atoms. The number of hydrogen-bond donors (Lipinski definition) is 2. The molecule has 112 valence electrons. The van der Waals surface area contributed by atoms with E-state index in [9.17, 15) is 13.2 Å². The minimum atomic E-state index is -3.06. The third-order valence-electron chi connectivity index (χ3n) is 3.10. The molecule has 1 aromatic carbocycles. The van der Waals surface area contributed by atoms with Gasteiger partial charge >= 0.3 is 5.97 Å². The first-order valence-corrected chi connectivity index (χ1v) is 8.32. The molecular formula is C14H16N2O4S. The molecular weight excluding hydrogens is 292 g/mol. The zero-order chi connectivity index (χ0) is 15.5. The molecule has 0 saturated carbocycles. The van der Waals surface area contributed by atoms with Gasteiger partial charge in [-0.1, -0.05) is 25.1 Å². The number of pyridine rings is 1. The summed E-state index contributed by atoms with van der Waals surface area (Å²) in [6.07, 6.45) is 0. The normalized spacial score (nSPS) is 11.5. The van der Waals surface area contributed by atoms with Crippen molar-refractivity contribution in [2.45, 2.75) is 6.92 Å². The van der Waals surface area contributed by atoms with Gasteiger partial charge in [-0.2, -0.15) is 0 Å². The molecule has 7 heteroatoms. The van der Waals surface area contributed by atoms with Crippen LogP contribution in [0.25, 0.3) is 10.9 Å². The summed E-state index contributed by atoms with van der Waals surface area (Å²) in [7, 11) is -3.06. The van der Waals surface area contributed by atoms with Crippen LogP contribution in [0.4, 0.5) is 5.69 Å². The van der Waals surface area contributed by atoms with E-state index in [0.29, 0.717) is 11.2 Å². The van der Waals surface area contributed by atoms with Crippen molar-refractivity contribution in [3.63, 3.8) is 0 Å². The van der Waals surface area contributed by atoms with Crippen LogP contribution in [-0.4, -0.2) is 42.5 Å². The van der Waals surface area contributed by atoms with Gasteiger partial charge < -0.3 is 10.4 Å². The van der Waals surface area contributed by atoms with Gasteiger partial charge in [-0.25, -0.2) is 18.2 Å². The Bertz CT molecular complexity index is 772. The molecule has 0 spiro atoms. The summed E-state index contributed by atoms with van der Waals surface area (Å²) in [4.78, 5) is 15.1. The fourth-order valence-electron chi connectivity index (χ4n) is 1.92. The highest BCUT2D eigenvalue weighted by Crippen LogP contribution is 2.23. The van der Waals surface area contributed by atoms with E-state index in [2.05, 4.69) is 10.3 Å². The maximum absolute atomic E-state index is 11.5. The Labute approximate surface area is 122 Å². The van der Waals surface area contributed by atoms with E-state index in [-0.39, 0.29) is 23.7 Å². The summed E-state index contributed by atoms with van der Waals surface area (Å²) in [6.45, 7) is 1.82. The topological polar surface area (TPSA) is 96.4 Å². The van der Waals surface area contributed by atoms with Crippen molar-refractivity contribution in [2.24, 2.45) is 0 Å². The third-order valence-corrected chi connectivity index (χ3v) is 4.81. The summed E-state index contributed by atoms with van der Waals surface area (Å²) in [5.74, 6) is -1.03. The molecule has 2 aromatic rings. The predicted molar refractivity (Wildman–Crippen MR) is 81.5 cm³/mol. The van der Waals surface area contributed by atoms with Crippen LogP contribution in [-0.2, 0) is 9.84 Å². The fourth-order valence-corrected chi connectivity index (χ4v) is 2.62. The van der Waals surface area contributed by atoms with E-state index in [4.69, 9.17) is 5.11 Å². The summed E-state index contributed by atoms with van der Waals surface area (Å²) in [5.41, 5.74) is 1.05. The van der Waals surface area contributed by atoms with Gasteiger partial charge in [0, 0.05) is 23.4 Å². The predicted octanol–water partition coefficient (Wildman–Crippen LogP) is 1.78. The number of hydrogen-bond acceptors (Lipinski definition) is 5. The number of carboxylic acid groups (broad SMARTS) is 1. The molecule has 0 radical (unpaired) electrons. The Morgan fingerprint density at radius 2 is 2.05 bits per heavy atom. The molecule has 0 aliphatic heterocycles. The number of fused-ring (bicyclic) bond motifs is 1. The molecule has 6 nitrogen and oxygen atoms in total. The molecule has 0 aliphatic carbocycles.